The van der Waals surface area contributed by atoms with E-state index < -0.39 is 35.8 Å². The number of carbonyl (C=O) groups excluding carboxylic acids is 1. The van der Waals surface area contributed by atoms with Crippen molar-refractivity contribution in [3.8, 4) is 0 Å². The lowest BCUT2D eigenvalue weighted by molar-refractivity contribution is -0.147. The smallest absolute Gasteiger partial charge is 0.327 e. The fourth-order valence-corrected chi connectivity index (χ4v) is 2.59. The molecule has 1 amide bonds. The van der Waals surface area contributed by atoms with Crippen LogP contribution in [-0.4, -0.2) is 68.1 Å². The Morgan fingerprint density at radius 1 is 1.32 bits per heavy atom. The molecule has 3 N–H and O–H groups in total. The normalized spacial score (nSPS) is 20.3. The number of rotatable bonds is 7. The molecule has 2 atom stereocenters. The van der Waals surface area contributed by atoms with Crippen LogP contribution < -0.4 is 0 Å². The van der Waals surface area contributed by atoms with Gasteiger partial charge in [-0.2, -0.15) is 0 Å². The molecule has 1 aliphatic rings. The summed E-state index contributed by atoms with van der Waals surface area (Å²) in [6.45, 7) is -0.154. The average Bonchev–Trinajstić information content (AvgIpc) is 2.66. The number of amides is 1. The predicted molar refractivity (Wildman–Crippen MR) is 63.8 cm³/mol. The Bertz CT molecular complexity index is 411. The van der Waals surface area contributed by atoms with Crippen molar-refractivity contribution in [2.24, 2.45) is 5.92 Å². The van der Waals surface area contributed by atoms with Crippen molar-refractivity contribution in [1.82, 2.24) is 4.90 Å². The number of nitrogens with zero attached hydrogens (tertiary/aromatic N) is 1. The second-order valence-electron chi connectivity index (χ2n) is 4.05. The van der Waals surface area contributed by atoms with Crippen molar-refractivity contribution >= 4 is 35.6 Å². The molecule has 1 heterocycles. The fraction of sp³-hybridized carbons (Fsp3) is 0.600. The standard InChI is InChI=1S/C10H13NO7S/c12-7-1-5(9(15)16)2-11(7)6(10(17)18)3-19-4-8(13)14/h5-6H,1-4H2,(H,13,14)(H,15,16)(H,17,18)/t5?,6-/m0/s1. The van der Waals surface area contributed by atoms with Gasteiger partial charge in [-0.1, -0.05) is 0 Å². The number of hydrogen-bond donors (Lipinski definition) is 3. The zero-order valence-electron chi connectivity index (χ0n) is 9.81. The highest BCUT2D eigenvalue weighted by atomic mass is 32.2. The van der Waals surface area contributed by atoms with E-state index >= 15 is 0 Å². The predicted octanol–water partition coefficient (Wildman–Crippen LogP) is -0.809. The first kappa shape index (κ1) is 15.3. The topological polar surface area (TPSA) is 132 Å². The summed E-state index contributed by atoms with van der Waals surface area (Å²) in [5, 5.41) is 26.3. The molecular weight excluding hydrogens is 278 g/mol. The van der Waals surface area contributed by atoms with Crippen LogP contribution in [0.4, 0.5) is 0 Å². The zero-order valence-corrected chi connectivity index (χ0v) is 10.6. The van der Waals surface area contributed by atoms with Gasteiger partial charge in [-0.05, 0) is 0 Å². The Kier molecular flexibility index (Phi) is 5.16. The maximum absolute atomic E-state index is 11.6. The fourth-order valence-electron chi connectivity index (χ4n) is 1.75. The molecule has 0 spiro atoms. The Morgan fingerprint density at radius 3 is 2.37 bits per heavy atom. The van der Waals surface area contributed by atoms with Gasteiger partial charge in [-0.25, -0.2) is 4.79 Å². The molecule has 8 nitrogen and oxygen atoms in total. The summed E-state index contributed by atoms with van der Waals surface area (Å²) >= 11 is 0.875. The Hall–Kier alpha value is -1.77. The van der Waals surface area contributed by atoms with Gasteiger partial charge in [0.05, 0.1) is 11.7 Å². The van der Waals surface area contributed by atoms with Crippen LogP contribution in [0.25, 0.3) is 0 Å². The summed E-state index contributed by atoms with van der Waals surface area (Å²) in [5.41, 5.74) is 0. The van der Waals surface area contributed by atoms with Crippen molar-refractivity contribution in [3.05, 3.63) is 0 Å². The molecule has 1 unspecified atom stereocenters. The number of aliphatic carboxylic acids is 3. The summed E-state index contributed by atoms with van der Waals surface area (Å²) in [7, 11) is 0. The molecule has 106 valence electrons. The molecule has 1 saturated heterocycles. The maximum Gasteiger partial charge on any atom is 0.327 e. The van der Waals surface area contributed by atoms with Crippen LogP contribution in [0.2, 0.25) is 0 Å². The minimum atomic E-state index is -1.27. The lowest BCUT2D eigenvalue weighted by atomic mass is 10.1. The monoisotopic (exact) mass is 291 g/mol. The molecule has 19 heavy (non-hydrogen) atoms. The van der Waals surface area contributed by atoms with Crippen LogP contribution >= 0.6 is 11.8 Å². The Balaban J connectivity index is 2.66. The lowest BCUT2D eigenvalue weighted by Crippen LogP contribution is -2.44. The van der Waals surface area contributed by atoms with E-state index in [0.29, 0.717) is 0 Å². The van der Waals surface area contributed by atoms with Gasteiger partial charge in [0.25, 0.3) is 0 Å². The second-order valence-corrected chi connectivity index (χ2v) is 5.08. The number of carbonyl (C=O) groups is 4. The van der Waals surface area contributed by atoms with Gasteiger partial charge in [-0.3, -0.25) is 14.4 Å². The molecule has 0 aromatic rings. The number of likely N-dealkylation sites (tertiary alicyclic amines) is 1. The molecule has 0 radical (unpaired) electrons. The molecule has 0 aromatic heterocycles. The van der Waals surface area contributed by atoms with E-state index in [-0.39, 0.29) is 24.5 Å². The van der Waals surface area contributed by atoms with Crippen LogP contribution in [0.15, 0.2) is 0 Å². The van der Waals surface area contributed by atoms with Gasteiger partial charge in [0.15, 0.2) is 0 Å². The summed E-state index contributed by atoms with van der Waals surface area (Å²) in [4.78, 5) is 44.8. The van der Waals surface area contributed by atoms with Gasteiger partial charge in [0.2, 0.25) is 5.91 Å². The highest BCUT2D eigenvalue weighted by Crippen LogP contribution is 2.22. The van der Waals surface area contributed by atoms with Crippen LogP contribution in [0.1, 0.15) is 6.42 Å². The molecule has 1 fully saturated rings. The Morgan fingerprint density at radius 2 is 1.95 bits per heavy atom. The minimum Gasteiger partial charge on any atom is -0.481 e. The molecule has 1 aliphatic heterocycles. The number of thioether (sulfide) groups is 1. The van der Waals surface area contributed by atoms with Crippen molar-refractivity contribution in [1.29, 1.82) is 0 Å². The van der Waals surface area contributed by atoms with Gasteiger partial charge < -0.3 is 20.2 Å². The van der Waals surface area contributed by atoms with E-state index in [1.165, 1.54) is 0 Å². The third-order valence-electron chi connectivity index (χ3n) is 2.67. The summed E-state index contributed by atoms with van der Waals surface area (Å²) in [6.07, 6.45) is -0.220. The third-order valence-corrected chi connectivity index (χ3v) is 3.67. The molecule has 9 heteroatoms. The highest BCUT2D eigenvalue weighted by molar-refractivity contribution is 8.00. The number of hydrogen-bond acceptors (Lipinski definition) is 5. The van der Waals surface area contributed by atoms with Gasteiger partial charge in [-0.15, -0.1) is 11.8 Å². The second kappa shape index (κ2) is 6.41. The van der Waals surface area contributed by atoms with Crippen molar-refractivity contribution < 1.29 is 34.5 Å². The average molecular weight is 291 g/mol. The largest absolute Gasteiger partial charge is 0.481 e. The van der Waals surface area contributed by atoms with Crippen molar-refractivity contribution in [2.45, 2.75) is 12.5 Å². The summed E-state index contributed by atoms with van der Waals surface area (Å²) in [5.74, 6) is -5.27. The van der Waals surface area contributed by atoms with Crippen molar-refractivity contribution in [3.63, 3.8) is 0 Å². The molecule has 0 aliphatic carbocycles. The molecule has 0 saturated carbocycles. The first-order valence-corrected chi connectivity index (χ1v) is 6.53. The van der Waals surface area contributed by atoms with E-state index in [0.717, 1.165) is 16.7 Å². The molecule has 0 bridgehead atoms. The van der Waals surface area contributed by atoms with Crippen LogP contribution in [0, 0.1) is 5.92 Å². The molecule has 1 rings (SSSR count). The first-order chi connectivity index (χ1) is 8.82. The van der Waals surface area contributed by atoms with Gasteiger partial charge >= 0.3 is 17.9 Å². The van der Waals surface area contributed by atoms with E-state index in [9.17, 15) is 19.2 Å². The third kappa shape index (κ3) is 4.12. The molecule has 0 aromatic carbocycles. The quantitative estimate of drug-likeness (QED) is 0.555. The van der Waals surface area contributed by atoms with E-state index in [1.807, 2.05) is 0 Å². The van der Waals surface area contributed by atoms with Gasteiger partial charge in [0.1, 0.15) is 6.04 Å². The maximum atomic E-state index is 11.6. The number of carboxylic acid groups (broad SMARTS) is 3. The van der Waals surface area contributed by atoms with E-state index in [1.54, 1.807) is 0 Å². The minimum absolute atomic E-state index is 0.0836. The summed E-state index contributed by atoms with van der Waals surface area (Å²) in [6, 6.07) is -1.19. The Labute approximate surface area is 112 Å². The van der Waals surface area contributed by atoms with Crippen LogP contribution in [-0.2, 0) is 19.2 Å². The van der Waals surface area contributed by atoms with Crippen molar-refractivity contribution in [2.75, 3.05) is 18.1 Å². The van der Waals surface area contributed by atoms with Crippen LogP contribution in [0.3, 0.4) is 0 Å². The van der Waals surface area contributed by atoms with Gasteiger partial charge in [0, 0.05) is 18.7 Å². The first-order valence-electron chi connectivity index (χ1n) is 5.37. The summed E-state index contributed by atoms with van der Waals surface area (Å²) < 4.78 is 0. The van der Waals surface area contributed by atoms with E-state index in [4.69, 9.17) is 15.3 Å². The van der Waals surface area contributed by atoms with E-state index in [2.05, 4.69) is 0 Å². The highest BCUT2D eigenvalue weighted by Gasteiger charge is 2.40. The zero-order chi connectivity index (χ0) is 14.6. The van der Waals surface area contributed by atoms with Crippen LogP contribution in [0.5, 0.6) is 0 Å². The SMILES string of the molecule is O=C(O)CSC[C@@H](C(=O)O)N1CC(C(=O)O)CC1=O. The lowest BCUT2D eigenvalue weighted by Gasteiger charge is -2.23. The number of carboxylic acids is 3. The molecular formula is C10H13NO7S.